The summed E-state index contributed by atoms with van der Waals surface area (Å²) in [6.45, 7) is 11.8. The highest BCUT2D eigenvalue weighted by Gasteiger charge is 2.43. The topological polar surface area (TPSA) is 198 Å². The normalized spacial score (nSPS) is 12.9. The number of hydrogen-bond donors (Lipinski definition) is 1. The van der Waals surface area contributed by atoms with Crippen molar-refractivity contribution in [3.05, 3.63) is 0 Å². The lowest BCUT2D eigenvalue weighted by Crippen LogP contribution is -2.45. The summed E-state index contributed by atoms with van der Waals surface area (Å²) >= 11 is 0. The van der Waals surface area contributed by atoms with Gasteiger partial charge in [0, 0.05) is 39.4 Å². The average molecular weight is 1000 g/mol. The van der Waals surface area contributed by atoms with Gasteiger partial charge in [0.25, 0.3) is 6.47 Å². The first kappa shape index (κ1) is 68.5. The van der Waals surface area contributed by atoms with E-state index in [0.717, 1.165) is 167 Å². The van der Waals surface area contributed by atoms with Crippen LogP contribution in [0.25, 0.3) is 0 Å². The molecule has 1 heterocycles. The van der Waals surface area contributed by atoms with E-state index in [9.17, 15) is 28.8 Å². The van der Waals surface area contributed by atoms with E-state index in [4.69, 9.17) is 38.3 Å². The van der Waals surface area contributed by atoms with Crippen LogP contribution in [0.3, 0.4) is 0 Å². The minimum absolute atomic E-state index is 0.0296. The van der Waals surface area contributed by atoms with E-state index >= 15 is 0 Å². The fourth-order valence-corrected chi connectivity index (χ4v) is 7.90. The minimum atomic E-state index is -1.62. The summed E-state index contributed by atoms with van der Waals surface area (Å²) in [5.41, 5.74) is -1.62. The molecule has 0 spiro atoms. The van der Waals surface area contributed by atoms with Crippen LogP contribution in [0.15, 0.2) is 0 Å². The Labute approximate surface area is 424 Å². The third kappa shape index (κ3) is 45.5. The third-order valence-corrected chi connectivity index (χ3v) is 12.1. The summed E-state index contributed by atoms with van der Waals surface area (Å²) in [7, 11) is 1.72. The summed E-state index contributed by atoms with van der Waals surface area (Å²) in [5.74, 6) is -1.43. The smallest absolute Gasteiger partial charge is 0.351 e. The average Bonchev–Trinajstić information content (AvgIpc) is 3.87. The van der Waals surface area contributed by atoms with Crippen molar-refractivity contribution in [3.8, 4) is 0 Å². The molecule has 1 fully saturated rings. The number of rotatable bonds is 46. The molecule has 0 saturated carbocycles. The Morgan fingerprint density at radius 2 is 0.829 bits per heavy atom. The highest BCUT2D eigenvalue weighted by atomic mass is 16.6. The van der Waals surface area contributed by atoms with Gasteiger partial charge in [0.1, 0.15) is 6.29 Å². The van der Waals surface area contributed by atoms with E-state index in [1.54, 1.807) is 7.11 Å². The van der Waals surface area contributed by atoms with Gasteiger partial charge in [-0.2, -0.15) is 0 Å². The van der Waals surface area contributed by atoms with Crippen molar-refractivity contribution >= 4 is 42.6 Å². The summed E-state index contributed by atoms with van der Waals surface area (Å²) in [6, 6.07) is 0. The monoisotopic (exact) mass is 1000 g/mol. The molecule has 0 aromatic carbocycles. The van der Waals surface area contributed by atoms with Crippen molar-refractivity contribution in [1.82, 2.24) is 4.90 Å². The summed E-state index contributed by atoms with van der Waals surface area (Å²) in [5, 5.41) is 6.89. The Morgan fingerprint density at radius 1 is 0.471 bits per heavy atom. The Hall–Kier alpha value is -3.59. The van der Waals surface area contributed by atoms with Gasteiger partial charge in [-0.05, 0) is 129 Å². The van der Waals surface area contributed by atoms with E-state index in [-0.39, 0.29) is 50.2 Å². The number of unbranched alkanes of at least 4 members (excludes halogenated alkanes) is 20. The van der Waals surface area contributed by atoms with Crippen molar-refractivity contribution in [2.75, 3.05) is 59.8 Å². The molecule has 15 heteroatoms. The number of methoxy groups -OCH3 is 1. The molecule has 15 nitrogen and oxygen atoms in total. The number of carboxylic acid groups (broad SMARTS) is 1. The molecule has 1 saturated heterocycles. The van der Waals surface area contributed by atoms with Gasteiger partial charge >= 0.3 is 29.8 Å². The van der Waals surface area contributed by atoms with Gasteiger partial charge in [-0.1, -0.05) is 104 Å². The second-order valence-corrected chi connectivity index (χ2v) is 18.5. The summed E-state index contributed by atoms with van der Waals surface area (Å²) in [4.78, 5) is 84.0. The van der Waals surface area contributed by atoms with Crippen LogP contribution in [-0.4, -0.2) is 118 Å². The zero-order valence-corrected chi connectivity index (χ0v) is 44.8. The highest BCUT2D eigenvalue weighted by molar-refractivity contribution is 5.86. The van der Waals surface area contributed by atoms with Crippen LogP contribution in [-0.2, 0) is 62.0 Å². The van der Waals surface area contributed by atoms with Crippen LogP contribution in [0, 0.1) is 0 Å². The molecular weight excluding hydrogens is 899 g/mol. The second kappa shape index (κ2) is 53.2. The number of esters is 5. The lowest BCUT2D eigenvalue weighted by atomic mass is 9.92. The zero-order chi connectivity index (χ0) is 52.0. The largest absolute Gasteiger partial charge is 0.483 e. The maximum absolute atomic E-state index is 13.4. The number of ether oxygens (including phenoxy) is 6. The molecule has 1 N–H and O–H groups in total. The van der Waals surface area contributed by atoms with Crippen LogP contribution in [0.4, 0.5) is 0 Å². The van der Waals surface area contributed by atoms with Gasteiger partial charge in [0.15, 0.2) is 0 Å². The predicted molar refractivity (Wildman–Crippen MR) is 274 cm³/mol. The Bertz CT molecular complexity index is 1260. The lowest BCUT2D eigenvalue weighted by Gasteiger charge is -2.30. The highest BCUT2D eigenvalue weighted by Crippen LogP contribution is 2.27. The fourth-order valence-electron chi connectivity index (χ4n) is 7.90. The first-order valence-electron chi connectivity index (χ1n) is 27.7. The van der Waals surface area contributed by atoms with Crippen molar-refractivity contribution in [3.63, 3.8) is 0 Å². The number of hydrogen-bond acceptors (Lipinski definition) is 14. The van der Waals surface area contributed by atoms with Gasteiger partial charge in [0.05, 0.1) is 32.8 Å². The van der Waals surface area contributed by atoms with E-state index in [0.29, 0.717) is 64.6 Å². The van der Waals surface area contributed by atoms with Gasteiger partial charge in [-0.15, -0.1) is 0 Å². The predicted octanol–water partition coefficient (Wildman–Crippen LogP) is 12.0. The molecule has 1 rings (SSSR count). The Morgan fingerprint density at radius 3 is 1.24 bits per heavy atom. The van der Waals surface area contributed by atoms with Gasteiger partial charge in [-0.25, -0.2) is 4.79 Å². The number of aldehydes is 1. The molecule has 1 aliphatic rings. The minimum Gasteiger partial charge on any atom is -0.483 e. The lowest BCUT2D eigenvalue weighted by molar-refractivity contribution is -0.185. The molecular formula is C55H101NO14. The molecule has 0 aromatic heterocycles. The maximum Gasteiger partial charge on any atom is 0.351 e. The van der Waals surface area contributed by atoms with E-state index in [1.165, 1.54) is 25.7 Å². The first-order valence-corrected chi connectivity index (χ1v) is 27.7. The van der Waals surface area contributed by atoms with E-state index in [1.807, 2.05) is 0 Å². The molecule has 0 aliphatic carbocycles. The molecule has 410 valence electrons. The molecule has 1 aliphatic heterocycles. The van der Waals surface area contributed by atoms with Crippen LogP contribution < -0.4 is 0 Å². The maximum atomic E-state index is 13.4. The standard InChI is InChI=1S/C40H71NO9.C14H28O3.CH2O2/c1-3-5-7-14-24-36(43)47-33-21-11-9-10-17-27-40(28-32-42,50-38(45)26-16-18-29-41-30-19-20-31-41)39(46)49-35-23-13-12-22-34-48-37(44)25-15-8-6-4-2;1-3-4-5-8-11-14(15)17-13-10-7-6-9-12-16-2;2-1-3/h32H,3-31,33-35H2,1-2H3;3-13H2,1-2H3;1H,(H,2,3). The number of likely N-dealkylation sites (tertiary alicyclic amines) is 1. The molecule has 0 amide bonds. The Kier molecular flexibility index (Phi) is 52.1. The SMILES string of the molecule is CCCCCCC(=O)OCCCCCCCC(CC=O)(OC(=O)CCCCN1CCCC1)C(=O)OCCCCCCOC(=O)CCCCCC.CCCCCCC(=O)OCCCCCCOC.O=CO. The van der Waals surface area contributed by atoms with Crippen molar-refractivity contribution in [2.45, 2.75) is 251 Å². The molecule has 0 radical (unpaired) electrons. The van der Waals surface area contributed by atoms with Crippen molar-refractivity contribution in [1.29, 1.82) is 0 Å². The van der Waals surface area contributed by atoms with Crippen molar-refractivity contribution in [2.24, 2.45) is 0 Å². The van der Waals surface area contributed by atoms with Gasteiger partial charge in [-0.3, -0.25) is 24.0 Å². The van der Waals surface area contributed by atoms with Crippen LogP contribution in [0.1, 0.15) is 245 Å². The van der Waals surface area contributed by atoms with E-state index < -0.39 is 17.5 Å². The number of carbonyl (C=O) groups excluding carboxylic acids is 6. The fraction of sp³-hybridized carbons (Fsp3) is 0.873. The third-order valence-electron chi connectivity index (χ3n) is 12.1. The first-order chi connectivity index (χ1) is 34.1. The van der Waals surface area contributed by atoms with E-state index in [2.05, 4.69) is 25.7 Å². The molecule has 0 bridgehead atoms. The zero-order valence-electron chi connectivity index (χ0n) is 44.8. The Balaban J connectivity index is 0. The molecule has 0 aromatic rings. The molecule has 70 heavy (non-hydrogen) atoms. The van der Waals surface area contributed by atoms with Crippen molar-refractivity contribution < 1.29 is 67.1 Å². The van der Waals surface area contributed by atoms with Crippen LogP contribution in [0.5, 0.6) is 0 Å². The van der Waals surface area contributed by atoms with Gasteiger partial charge in [0.2, 0.25) is 5.60 Å². The van der Waals surface area contributed by atoms with Gasteiger partial charge < -0.3 is 43.2 Å². The quantitative estimate of drug-likeness (QED) is 0.0261. The van der Waals surface area contributed by atoms with Crippen LogP contribution >= 0.6 is 0 Å². The second-order valence-electron chi connectivity index (χ2n) is 18.5. The number of nitrogens with zero attached hydrogens (tertiary/aromatic N) is 1. The van der Waals surface area contributed by atoms with Crippen LogP contribution in [0.2, 0.25) is 0 Å². The number of carbonyl (C=O) groups is 7. The summed E-state index contributed by atoms with van der Waals surface area (Å²) < 4.78 is 32.2. The molecule has 1 atom stereocenters. The summed E-state index contributed by atoms with van der Waals surface area (Å²) in [6.07, 6.45) is 30.5. The molecule has 1 unspecified atom stereocenters.